The molecule has 1 saturated heterocycles. The summed E-state index contributed by atoms with van der Waals surface area (Å²) < 4.78 is 37.5. The Morgan fingerprint density at radius 1 is 1.35 bits per heavy atom. The van der Waals surface area contributed by atoms with E-state index in [4.69, 9.17) is 9.26 Å². The second-order valence-electron chi connectivity index (χ2n) is 6.12. The molecule has 1 aromatic heterocycles. The smallest absolute Gasteiger partial charge is 0.243 e. The normalized spacial score (nSPS) is 17.5. The molecule has 1 aliphatic heterocycles. The maximum Gasteiger partial charge on any atom is 0.243 e. The number of amides is 1. The number of anilines is 1. The zero-order valence-electron chi connectivity index (χ0n) is 14.4. The maximum absolute atomic E-state index is 13.0. The number of aryl methyl sites for hydroxylation is 1. The molecule has 3 rings (SSSR count). The molecule has 2 aromatic rings. The largest absolute Gasteiger partial charge is 0.377 e. The number of sulfonamides is 1. The van der Waals surface area contributed by atoms with E-state index in [1.165, 1.54) is 12.1 Å². The highest BCUT2D eigenvalue weighted by atomic mass is 32.2. The van der Waals surface area contributed by atoms with Crippen LogP contribution in [0.5, 0.6) is 0 Å². The second kappa shape index (κ2) is 7.98. The molecule has 0 saturated carbocycles. The summed E-state index contributed by atoms with van der Waals surface area (Å²) in [6, 6.07) is 9.62. The lowest BCUT2D eigenvalue weighted by atomic mass is 10.2. The zero-order chi connectivity index (χ0) is 18.6. The van der Waals surface area contributed by atoms with Crippen LogP contribution in [0.15, 0.2) is 45.8 Å². The average molecular weight is 379 g/mol. The van der Waals surface area contributed by atoms with E-state index in [1.807, 2.05) is 0 Å². The first-order valence-corrected chi connectivity index (χ1v) is 9.79. The molecule has 1 atom stereocenters. The van der Waals surface area contributed by atoms with Crippen molar-refractivity contribution in [2.24, 2.45) is 0 Å². The Kier molecular flexibility index (Phi) is 5.70. The molecule has 140 valence electrons. The monoisotopic (exact) mass is 379 g/mol. The molecule has 2 heterocycles. The molecule has 9 heteroatoms. The van der Waals surface area contributed by atoms with Crippen LogP contribution in [0.1, 0.15) is 18.6 Å². The van der Waals surface area contributed by atoms with Gasteiger partial charge < -0.3 is 14.6 Å². The highest BCUT2D eigenvalue weighted by Crippen LogP contribution is 2.20. The van der Waals surface area contributed by atoms with E-state index in [0.29, 0.717) is 12.4 Å². The van der Waals surface area contributed by atoms with Crippen LogP contribution in [-0.4, -0.2) is 49.6 Å². The van der Waals surface area contributed by atoms with Gasteiger partial charge in [-0.15, -0.1) is 0 Å². The number of ether oxygens (including phenoxy) is 1. The fourth-order valence-corrected chi connectivity index (χ4v) is 4.22. The van der Waals surface area contributed by atoms with Crippen LogP contribution in [0.3, 0.4) is 0 Å². The first-order valence-electron chi connectivity index (χ1n) is 8.35. The number of hydrogen-bond donors (Lipinski definition) is 1. The van der Waals surface area contributed by atoms with Crippen LogP contribution in [0.25, 0.3) is 0 Å². The highest BCUT2D eigenvalue weighted by Gasteiger charge is 2.30. The molecular formula is C17H21N3O5S. The van der Waals surface area contributed by atoms with Gasteiger partial charge in [0, 0.05) is 19.2 Å². The second-order valence-corrected chi connectivity index (χ2v) is 8.05. The van der Waals surface area contributed by atoms with Crippen molar-refractivity contribution in [1.29, 1.82) is 0 Å². The van der Waals surface area contributed by atoms with Crippen LogP contribution < -0.4 is 5.32 Å². The molecule has 0 spiro atoms. The van der Waals surface area contributed by atoms with E-state index in [1.54, 1.807) is 31.2 Å². The Morgan fingerprint density at radius 3 is 2.73 bits per heavy atom. The van der Waals surface area contributed by atoms with Gasteiger partial charge in [0.2, 0.25) is 15.9 Å². The summed E-state index contributed by atoms with van der Waals surface area (Å²) in [5.74, 6) is 0.311. The third-order valence-electron chi connectivity index (χ3n) is 4.03. The zero-order valence-corrected chi connectivity index (χ0v) is 15.2. The number of carbonyl (C=O) groups excluding carboxylic acids is 1. The van der Waals surface area contributed by atoms with Crippen molar-refractivity contribution in [1.82, 2.24) is 9.46 Å². The first kappa shape index (κ1) is 18.6. The van der Waals surface area contributed by atoms with E-state index in [2.05, 4.69) is 10.5 Å². The third kappa shape index (κ3) is 4.48. The number of nitrogens with one attached hydrogen (secondary N) is 1. The van der Waals surface area contributed by atoms with Crippen LogP contribution in [-0.2, 0) is 19.6 Å². The third-order valence-corrected chi connectivity index (χ3v) is 5.85. The number of carbonyl (C=O) groups is 1. The van der Waals surface area contributed by atoms with Crippen molar-refractivity contribution in [3.8, 4) is 0 Å². The van der Waals surface area contributed by atoms with Crippen LogP contribution in [0.4, 0.5) is 5.82 Å². The van der Waals surface area contributed by atoms with Gasteiger partial charge in [0.05, 0.1) is 17.5 Å². The van der Waals surface area contributed by atoms with Crippen LogP contribution in [0, 0.1) is 6.92 Å². The fourth-order valence-electron chi connectivity index (χ4n) is 2.77. The fraction of sp³-hybridized carbons (Fsp3) is 0.412. The van der Waals surface area contributed by atoms with Crippen molar-refractivity contribution >= 4 is 21.7 Å². The van der Waals surface area contributed by atoms with Gasteiger partial charge in [0.25, 0.3) is 0 Å². The summed E-state index contributed by atoms with van der Waals surface area (Å²) in [5, 5.41) is 6.24. The summed E-state index contributed by atoms with van der Waals surface area (Å²) in [5.41, 5.74) is 0. The van der Waals surface area contributed by atoms with E-state index in [-0.39, 0.29) is 29.9 Å². The Morgan fingerprint density at radius 2 is 2.12 bits per heavy atom. The Labute approximate surface area is 152 Å². The molecule has 26 heavy (non-hydrogen) atoms. The molecule has 1 aromatic carbocycles. The molecule has 0 unspecified atom stereocenters. The standard InChI is InChI=1S/C17H21N3O5S/c1-13-10-16(19-25-13)18-17(21)12-20(11-14-6-5-9-24-14)26(22,23)15-7-3-2-4-8-15/h2-4,7-8,10,14H,5-6,9,11-12H2,1H3,(H,18,19,21)/t14-/m0/s1. The van der Waals surface area contributed by atoms with E-state index < -0.39 is 15.9 Å². The van der Waals surface area contributed by atoms with Gasteiger partial charge in [-0.1, -0.05) is 23.4 Å². The van der Waals surface area contributed by atoms with Gasteiger partial charge >= 0.3 is 0 Å². The molecule has 0 radical (unpaired) electrons. The minimum Gasteiger partial charge on any atom is -0.377 e. The number of aromatic nitrogens is 1. The minimum atomic E-state index is -3.82. The highest BCUT2D eigenvalue weighted by molar-refractivity contribution is 7.89. The van der Waals surface area contributed by atoms with E-state index in [0.717, 1.165) is 17.1 Å². The quantitative estimate of drug-likeness (QED) is 0.787. The van der Waals surface area contributed by atoms with Crippen LogP contribution >= 0.6 is 0 Å². The molecule has 1 aliphatic rings. The molecule has 1 N–H and O–H groups in total. The summed E-state index contributed by atoms with van der Waals surface area (Å²) in [4.78, 5) is 12.5. The number of hydrogen-bond acceptors (Lipinski definition) is 6. The van der Waals surface area contributed by atoms with Gasteiger partial charge in [0.1, 0.15) is 5.76 Å². The van der Waals surface area contributed by atoms with E-state index >= 15 is 0 Å². The predicted molar refractivity (Wildman–Crippen MR) is 94.0 cm³/mol. The molecule has 0 bridgehead atoms. The van der Waals surface area contributed by atoms with Crippen molar-refractivity contribution in [3.63, 3.8) is 0 Å². The van der Waals surface area contributed by atoms with Gasteiger partial charge in [-0.2, -0.15) is 4.31 Å². The summed E-state index contributed by atoms with van der Waals surface area (Å²) in [7, 11) is -3.82. The van der Waals surface area contributed by atoms with Gasteiger partial charge in [-0.3, -0.25) is 4.79 Å². The maximum atomic E-state index is 13.0. The van der Waals surface area contributed by atoms with Gasteiger partial charge in [-0.05, 0) is 31.9 Å². The first-order chi connectivity index (χ1) is 12.4. The van der Waals surface area contributed by atoms with Gasteiger partial charge in [-0.25, -0.2) is 8.42 Å². The number of benzene rings is 1. The summed E-state index contributed by atoms with van der Waals surface area (Å²) >= 11 is 0. The molecular weight excluding hydrogens is 358 g/mol. The van der Waals surface area contributed by atoms with Crippen molar-refractivity contribution < 1.29 is 22.5 Å². The Balaban J connectivity index is 1.77. The van der Waals surface area contributed by atoms with E-state index in [9.17, 15) is 13.2 Å². The molecule has 1 amide bonds. The molecule has 8 nitrogen and oxygen atoms in total. The Bertz CT molecular complexity index is 844. The summed E-state index contributed by atoms with van der Waals surface area (Å²) in [6.45, 7) is 2.10. The lowest BCUT2D eigenvalue weighted by Crippen LogP contribution is -2.42. The van der Waals surface area contributed by atoms with Crippen molar-refractivity contribution in [2.45, 2.75) is 30.8 Å². The van der Waals surface area contributed by atoms with Crippen molar-refractivity contribution in [3.05, 3.63) is 42.2 Å². The van der Waals surface area contributed by atoms with Crippen molar-refractivity contribution in [2.75, 3.05) is 25.0 Å². The number of rotatable bonds is 7. The summed E-state index contributed by atoms with van der Waals surface area (Å²) in [6.07, 6.45) is 1.44. The topological polar surface area (TPSA) is 102 Å². The lowest BCUT2D eigenvalue weighted by Gasteiger charge is -2.24. The minimum absolute atomic E-state index is 0.127. The Hall–Kier alpha value is -2.23. The lowest BCUT2D eigenvalue weighted by molar-refractivity contribution is -0.116. The average Bonchev–Trinajstić information content (AvgIpc) is 3.27. The van der Waals surface area contributed by atoms with Gasteiger partial charge in [0.15, 0.2) is 5.82 Å². The molecule has 0 aliphatic carbocycles. The predicted octanol–water partition coefficient (Wildman–Crippen LogP) is 1.79. The number of nitrogens with zero attached hydrogens (tertiary/aromatic N) is 2. The van der Waals surface area contributed by atoms with Crippen LogP contribution in [0.2, 0.25) is 0 Å². The molecule has 1 fully saturated rings. The SMILES string of the molecule is Cc1cc(NC(=O)CN(C[C@@H]2CCCO2)S(=O)(=O)c2ccccc2)no1.